The number of amides is 1. The zero-order valence-corrected chi connectivity index (χ0v) is 21.1. The Balaban J connectivity index is 1.30. The molecule has 5 nitrogen and oxygen atoms in total. The molecule has 0 unspecified atom stereocenters. The molecule has 0 aliphatic heterocycles. The lowest BCUT2D eigenvalue weighted by Gasteiger charge is -2.09. The fourth-order valence-electron chi connectivity index (χ4n) is 3.83. The predicted molar refractivity (Wildman–Crippen MR) is 149 cm³/mol. The summed E-state index contributed by atoms with van der Waals surface area (Å²) in [6.07, 6.45) is 1.57. The summed E-state index contributed by atoms with van der Waals surface area (Å²) in [5, 5.41) is 5.92. The summed E-state index contributed by atoms with van der Waals surface area (Å²) in [5.41, 5.74) is 7.22. The number of carbonyl (C=O) groups is 1. The molecule has 1 heterocycles. The second kappa shape index (κ2) is 11.2. The minimum atomic E-state index is -0.320. The van der Waals surface area contributed by atoms with Crippen molar-refractivity contribution in [3.8, 4) is 17.0 Å². The van der Waals surface area contributed by atoms with Gasteiger partial charge in [0.05, 0.1) is 33.0 Å². The fraction of sp³-hybridized carbons (Fsp3) is 0.0333. The number of aromatic nitrogens is 1. The van der Waals surface area contributed by atoms with Crippen LogP contribution in [0.4, 0.5) is 0 Å². The van der Waals surface area contributed by atoms with E-state index in [4.69, 9.17) is 32.9 Å². The fourth-order valence-corrected chi connectivity index (χ4v) is 4.15. The molecule has 0 atom stereocenters. The number of para-hydroxylation sites is 1. The van der Waals surface area contributed by atoms with Crippen molar-refractivity contribution in [3.63, 3.8) is 0 Å². The number of ether oxygens (including phenoxy) is 1. The summed E-state index contributed by atoms with van der Waals surface area (Å²) < 4.78 is 5.87. The maximum atomic E-state index is 13.1. The van der Waals surface area contributed by atoms with E-state index >= 15 is 0 Å². The summed E-state index contributed by atoms with van der Waals surface area (Å²) in [6, 6.07) is 31.9. The first-order chi connectivity index (χ1) is 18.1. The third kappa shape index (κ3) is 5.97. The molecule has 0 aliphatic carbocycles. The van der Waals surface area contributed by atoms with Crippen LogP contribution in [-0.2, 0) is 6.61 Å². The van der Waals surface area contributed by atoms with E-state index < -0.39 is 0 Å². The largest absolute Gasteiger partial charge is 0.489 e. The lowest BCUT2D eigenvalue weighted by atomic mass is 10.0. The average Bonchev–Trinajstić information content (AvgIpc) is 2.93. The molecule has 182 valence electrons. The lowest BCUT2D eigenvalue weighted by Crippen LogP contribution is -2.18. The summed E-state index contributed by atoms with van der Waals surface area (Å²) in [5.74, 6) is 0.341. The summed E-state index contributed by atoms with van der Waals surface area (Å²) >= 11 is 12.0. The molecule has 0 spiro atoms. The van der Waals surface area contributed by atoms with Crippen LogP contribution in [0, 0.1) is 0 Å². The van der Waals surface area contributed by atoms with Crippen LogP contribution in [0.25, 0.3) is 22.2 Å². The first-order valence-corrected chi connectivity index (χ1v) is 12.3. The molecule has 4 aromatic carbocycles. The highest BCUT2D eigenvalue weighted by molar-refractivity contribution is 6.42. The molecule has 37 heavy (non-hydrogen) atoms. The number of carbonyl (C=O) groups excluding carboxylic acids is 1. The van der Waals surface area contributed by atoms with Crippen LogP contribution in [0.1, 0.15) is 21.5 Å². The Kier molecular flexibility index (Phi) is 7.45. The van der Waals surface area contributed by atoms with E-state index in [2.05, 4.69) is 10.5 Å². The van der Waals surface area contributed by atoms with Crippen LogP contribution in [0.5, 0.6) is 5.75 Å². The van der Waals surface area contributed by atoms with Crippen LogP contribution >= 0.6 is 23.2 Å². The molecule has 0 fully saturated rings. The number of fused-ring (bicyclic) bond motifs is 1. The van der Waals surface area contributed by atoms with E-state index in [0.717, 1.165) is 33.3 Å². The highest BCUT2D eigenvalue weighted by atomic mass is 35.5. The number of hydrogen-bond donors (Lipinski definition) is 1. The number of hydrazone groups is 1. The van der Waals surface area contributed by atoms with E-state index in [0.29, 0.717) is 28.0 Å². The van der Waals surface area contributed by atoms with Gasteiger partial charge in [-0.05, 0) is 47.5 Å². The molecule has 1 N–H and O–H groups in total. The summed E-state index contributed by atoms with van der Waals surface area (Å²) in [4.78, 5) is 17.8. The second-order valence-corrected chi connectivity index (χ2v) is 9.06. The van der Waals surface area contributed by atoms with Gasteiger partial charge in [-0.25, -0.2) is 10.4 Å². The molecular weight excluding hydrogens is 505 g/mol. The van der Waals surface area contributed by atoms with Crippen LogP contribution in [-0.4, -0.2) is 17.1 Å². The number of rotatable bonds is 7. The van der Waals surface area contributed by atoms with Gasteiger partial charge < -0.3 is 4.74 Å². The number of halogens is 2. The average molecular weight is 526 g/mol. The Hall–Kier alpha value is -4.19. The van der Waals surface area contributed by atoms with E-state index in [1.807, 2.05) is 84.9 Å². The molecule has 7 heteroatoms. The van der Waals surface area contributed by atoms with Crippen molar-refractivity contribution in [1.29, 1.82) is 0 Å². The third-order valence-corrected chi connectivity index (χ3v) is 6.40. The second-order valence-electron chi connectivity index (χ2n) is 8.25. The first-order valence-electron chi connectivity index (χ1n) is 11.5. The van der Waals surface area contributed by atoms with E-state index in [1.165, 1.54) is 0 Å². The molecule has 0 saturated heterocycles. The van der Waals surface area contributed by atoms with Gasteiger partial charge in [0.15, 0.2) is 0 Å². The van der Waals surface area contributed by atoms with Gasteiger partial charge in [-0.3, -0.25) is 4.79 Å². The predicted octanol–water partition coefficient (Wildman–Crippen LogP) is 7.55. The normalized spacial score (nSPS) is 11.1. The number of benzene rings is 4. The Morgan fingerprint density at radius 3 is 2.51 bits per heavy atom. The number of nitrogens with zero attached hydrogens (tertiary/aromatic N) is 2. The zero-order valence-electron chi connectivity index (χ0n) is 19.6. The molecule has 0 aliphatic rings. The van der Waals surface area contributed by atoms with Crippen molar-refractivity contribution in [2.45, 2.75) is 6.61 Å². The zero-order chi connectivity index (χ0) is 25.6. The van der Waals surface area contributed by atoms with E-state index in [1.54, 1.807) is 24.4 Å². The van der Waals surface area contributed by atoms with Crippen molar-refractivity contribution in [2.75, 3.05) is 0 Å². The van der Waals surface area contributed by atoms with Gasteiger partial charge in [-0.2, -0.15) is 5.10 Å². The van der Waals surface area contributed by atoms with Gasteiger partial charge in [0.1, 0.15) is 12.4 Å². The van der Waals surface area contributed by atoms with E-state index in [-0.39, 0.29) is 5.91 Å². The third-order valence-electron chi connectivity index (χ3n) is 5.66. The standard InChI is InChI=1S/C30H21Cl2N3O2/c31-26-14-13-21(16-27(26)32)19-37-23-10-6-7-20(15-23)18-33-35-30(36)25-17-29(22-8-2-1-3-9-22)34-28-12-5-4-11-24(25)28/h1-18H,19H2,(H,35,36)/b33-18+. The molecule has 0 bridgehead atoms. The smallest absolute Gasteiger partial charge is 0.272 e. The summed E-state index contributed by atoms with van der Waals surface area (Å²) in [7, 11) is 0. The Morgan fingerprint density at radius 1 is 0.865 bits per heavy atom. The molecule has 5 rings (SSSR count). The van der Waals surface area contributed by atoms with Crippen molar-refractivity contribution < 1.29 is 9.53 Å². The lowest BCUT2D eigenvalue weighted by molar-refractivity contribution is 0.0956. The molecule has 1 aromatic heterocycles. The van der Waals surface area contributed by atoms with Gasteiger partial charge in [0.2, 0.25) is 0 Å². The summed E-state index contributed by atoms with van der Waals surface area (Å²) in [6.45, 7) is 0.340. The van der Waals surface area contributed by atoms with Gasteiger partial charge in [-0.15, -0.1) is 0 Å². The highest BCUT2D eigenvalue weighted by Crippen LogP contribution is 2.25. The van der Waals surface area contributed by atoms with Gasteiger partial charge >= 0.3 is 0 Å². The van der Waals surface area contributed by atoms with Gasteiger partial charge in [-0.1, -0.05) is 89.9 Å². The highest BCUT2D eigenvalue weighted by Gasteiger charge is 2.13. The van der Waals surface area contributed by atoms with Crippen LogP contribution < -0.4 is 10.2 Å². The van der Waals surface area contributed by atoms with Crippen LogP contribution in [0.2, 0.25) is 10.0 Å². The maximum Gasteiger partial charge on any atom is 0.272 e. The topological polar surface area (TPSA) is 63.6 Å². The molecule has 0 radical (unpaired) electrons. The minimum absolute atomic E-state index is 0.320. The van der Waals surface area contributed by atoms with Crippen molar-refractivity contribution in [2.24, 2.45) is 5.10 Å². The molecule has 0 saturated carbocycles. The Morgan fingerprint density at radius 2 is 1.68 bits per heavy atom. The molecule has 5 aromatic rings. The van der Waals surface area contributed by atoms with Crippen molar-refractivity contribution >= 4 is 46.2 Å². The van der Waals surface area contributed by atoms with Gasteiger partial charge in [0, 0.05) is 10.9 Å². The monoisotopic (exact) mass is 525 g/mol. The Labute approximate surface area is 224 Å². The minimum Gasteiger partial charge on any atom is -0.489 e. The SMILES string of the molecule is O=C(N/N=C/c1cccc(OCc2ccc(Cl)c(Cl)c2)c1)c1cc(-c2ccccc2)nc2ccccc12. The van der Waals surface area contributed by atoms with Crippen molar-refractivity contribution in [1.82, 2.24) is 10.4 Å². The van der Waals surface area contributed by atoms with Crippen molar-refractivity contribution in [3.05, 3.63) is 130 Å². The van der Waals surface area contributed by atoms with Crippen LogP contribution in [0.3, 0.4) is 0 Å². The van der Waals surface area contributed by atoms with Crippen LogP contribution in [0.15, 0.2) is 108 Å². The first kappa shape index (κ1) is 24.5. The quantitative estimate of drug-likeness (QED) is 0.176. The maximum absolute atomic E-state index is 13.1. The van der Waals surface area contributed by atoms with Gasteiger partial charge in [0.25, 0.3) is 5.91 Å². The molecular formula is C30H21Cl2N3O2. The number of hydrogen-bond acceptors (Lipinski definition) is 4. The van der Waals surface area contributed by atoms with E-state index in [9.17, 15) is 4.79 Å². The number of nitrogens with one attached hydrogen (secondary N) is 1. The Bertz CT molecular complexity index is 1600. The molecule has 1 amide bonds. The number of pyridine rings is 1.